The number of furan rings is 1. The monoisotopic (exact) mass is 450 g/mol. The molecule has 10 heteroatoms. The van der Waals surface area contributed by atoms with Gasteiger partial charge in [0.25, 0.3) is 5.91 Å². The summed E-state index contributed by atoms with van der Waals surface area (Å²) in [6, 6.07) is 5.96. The van der Waals surface area contributed by atoms with E-state index in [1.165, 1.54) is 23.4 Å². The Hall–Kier alpha value is -2.69. The van der Waals surface area contributed by atoms with Crippen LogP contribution >= 0.6 is 0 Å². The number of benzene rings is 1. The van der Waals surface area contributed by atoms with Gasteiger partial charge < -0.3 is 19.2 Å². The lowest BCUT2D eigenvalue weighted by molar-refractivity contribution is -0.123. The third kappa shape index (κ3) is 4.97. The number of hydrogen-bond donors (Lipinski definition) is 1. The standard InChI is InChI=1S/C21H26N2O7S/c1-13-14(2)29-15(3)19(13)21(25)30-16(4)20(24)22-17-6-5-7-18(12-17)31(26,27)23-8-10-28-11-9-23/h5-7,12,16H,8-11H2,1-4H3,(H,22,24). The number of aryl methyl sites for hydroxylation is 2. The zero-order chi connectivity index (χ0) is 22.8. The Morgan fingerprint density at radius 2 is 1.81 bits per heavy atom. The van der Waals surface area contributed by atoms with Crippen molar-refractivity contribution in [2.75, 3.05) is 31.6 Å². The van der Waals surface area contributed by atoms with Crippen molar-refractivity contribution < 1.29 is 31.9 Å². The van der Waals surface area contributed by atoms with Crippen molar-refractivity contribution in [3.05, 3.63) is 46.9 Å². The first-order chi connectivity index (χ1) is 14.6. The molecule has 3 rings (SSSR count). The van der Waals surface area contributed by atoms with Crippen LogP contribution in [0.15, 0.2) is 33.6 Å². The third-order valence-corrected chi connectivity index (χ3v) is 7.02. The number of nitrogens with zero attached hydrogens (tertiary/aromatic N) is 1. The molecule has 1 N–H and O–H groups in total. The number of hydrogen-bond acceptors (Lipinski definition) is 7. The van der Waals surface area contributed by atoms with Gasteiger partial charge in [-0.05, 0) is 45.9 Å². The van der Waals surface area contributed by atoms with Crippen molar-refractivity contribution >= 4 is 27.6 Å². The van der Waals surface area contributed by atoms with E-state index in [0.717, 1.165) is 0 Å². The van der Waals surface area contributed by atoms with Gasteiger partial charge in [0.1, 0.15) is 17.1 Å². The molecule has 9 nitrogen and oxygen atoms in total. The van der Waals surface area contributed by atoms with E-state index in [4.69, 9.17) is 13.9 Å². The Bertz CT molecular complexity index is 1090. The molecule has 1 aliphatic heterocycles. The topological polar surface area (TPSA) is 115 Å². The maximum absolute atomic E-state index is 12.8. The second-order valence-electron chi connectivity index (χ2n) is 7.30. The van der Waals surface area contributed by atoms with Crippen molar-refractivity contribution in [2.45, 2.75) is 38.7 Å². The van der Waals surface area contributed by atoms with Gasteiger partial charge in [-0.25, -0.2) is 13.2 Å². The number of anilines is 1. The molecule has 1 atom stereocenters. The highest BCUT2D eigenvalue weighted by molar-refractivity contribution is 7.89. The molecule has 0 aliphatic carbocycles. The lowest BCUT2D eigenvalue weighted by Crippen LogP contribution is -2.40. The van der Waals surface area contributed by atoms with Gasteiger partial charge in [-0.3, -0.25) is 4.79 Å². The summed E-state index contributed by atoms with van der Waals surface area (Å²) in [4.78, 5) is 25.1. The number of nitrogens with one attached hydrogen (secondary N) is 1. The normalized spacial score (nSPS) is 16.0. The van der Waals surface area contributed by atoms with Crippen LogP contribution in [0.5, 0.6) is 0 Å². The zero-order valence-electron chi connectivity index (χ0n) is 17.9. The molecule has 1 unspecified atom stereocenters. The van der Waals surface area contributed by atoms with Gasteiger partial charge in [-0.15, -0.1) is 0 Å². The molecule has 1 fully saturated rings. The molecule has 1 aromatic carbocycles. The van der Waals surface area contributed by atoms with Crippen molar-refractivity contribution in [3.63, 3.8) is 0 Å². The number of carbonyl (C=O) groups is 2. The molecule has 1 aromatic heterocycles. The lowest BCUT2D eigenvalue weighted by Gasteiger charge is -2.26. The molecular weight excluding hydrogens is 424 g/mol. The summed E-state index contributed by atoms with van der Waals surface area (Å²) in [7, 11) is -3.70. The Morgan fingerprint density at radius 1 is 1.13 bits per heavy atom. The van der Waals surface area contributed by atoms with E-state index in [2.05, 4.69) is 5.32 Å². The highest BCUT2D eigenvalue weighted by atomic mass is 32.2. The number of carbonyl (C=O) groups excluding carboxylic acids is 2. The number of esters is 1. The number of sulfonamides is 1. The summed E-state index contributed by atoms with van der Waals surface area (Å²) in [6.07, 6.45) is -1.10. The maximum Gasteiger partial charge on any atom is 0.342 e. The van der Waals surface area contributed by atoms with Crippen LogP contribution in [0, 0.1) is 20.8 Å². The lowest BCUT2D eigenvalue weighted by atomic mass is 10.1. The van der Waals surface area contributed by atoms with Crippen LogP contribution in [0.4, 0.5) is 5.69 Å². The van der Waals surface area contributed by atoms with Crippen molar-refractivity contribution in [3.8, 4) is 0 Å². The predicted octanol–water partition coefficient (Wildman–Crippen LogP) is 2.41. The second kappa shape index (κ2) is 9.21. The number of morpholine rings is 1. The van der Waals surface area contributed by atoms with E-state index in [0.29, 0.717) is 35.9 Å². The van der Waals surface area contributed by atoms with Gasteiger partial charge >= 0.3 is 5.97 Å². The third-order valence-electron chi connectivity index (χ3n) is 5.13. The minimum Gasteiger partial charge on any atom is -0.465 e. The highest BCUT2D eigenvalue weighted by Crippen LogP contribution is 2.23. The summed E-state index contributed by atoms with van der Waals surface area (Å²) in [6.45, 7) is 7.82. The van der Waals surface area contributed by atoms with Crippen LogP contribution in [0.2, 0.25) is 0 Å². The molecule has 0 bridgehead atoms. The zero-order valence-corrected chi connectivity index (χ0v) is 18.7. The largest absolute Gasteiger partial charge is 0.465 e. The van der Waals surface area contributed by atoms with E-state index >= 15 is 0 Å². The summed E-state index contributed by atoms with van der Waals surface area (Å²) in [5.41, 5.74) is 1.25. The van der Waals surface area contributed by atoms with Crippen LogP contribution < -0.4 is 5.32 Å². The average molecular weight is 451 g/mol. The fraction of sp³-hybridized carbons (Fsp3) is 0.429. The molecule has 1 aliphatic rings. The van der Waals surface area contributed by atoms with Crippen molar-refractivity contribution in [2.24, 2.45) is 0 Å². The van der Waals surface area contributed by atoms with Gasteiger partial charge in [0.05, 0.1) is 18.1 Å². The smallest absolute Gasteiger partial charge is 0.342 e. The minimum atomic E-state index is -3.70. The Labute approximate surface area is 181 Å². The summed E-state index contributed by atoms with van der Waals surface area (Å²) < 4.78 is 42.9. The van der Waals surface area contributed by atoms with Gasteiger partial charge in [0.15, 0.2) is 6.10 Å². The van der Waals surface area contributed by atoms with Crippen molar-refractivity contribution in [1.29, 1.82) is 0 Å². The van der Waals surface area contributed by atoms with E-state index in [-0.39, 0.29) is 23.7 Å². The number of rotatable bonds is 6. The fourth-order valence-electron chi connectivity index (χ4n) is 3.28. The molecule has 2 aromatic rings. The molecule has 0 spiro atoms. The number of ether oxygens (including phenoxy) is 2. The minimum absolute atomic E-state index is 0.0666. The SMILES string of the molecule is Cc1oc(C)c(C(=O)OC(C)C(=O)Nc2cccc(S(=O)(=O)N3CCOCC3)c2)c1C. The number of amides is 1. The van der Waals surface area contributed by atoms with Gasteiger partial charge in [0.2, 0.25) is 10.0 Å². The fourth-order valence-corrected chi connectivity index (χ4v) is 4.74. The van der Waals surface area contributed by atoms with Crippen LogP contribution in [0.25, 0.3) is 0 Å². The Morgan fingerprint density at radius 3 is 2.42 bits per heavy atom. The molecule has 1 saturated heterocycles. The molecule has 0 radical (unpaired) electrons. The van der Waals surface area contributed by atoms with Crippen molar-refractivity contribution in [1.82, 2.24) is 4.31 Å². The van der Waals surface area contributed by atoms with Crippen LogP contribution in [-0.2, 0) is 24.3 Å². The first kappa shape index (κ1) is 23.0. The molecular formula is C21H26N2O7S. The van der Waals surface area contributed by atoms with Crippen LogP contribution in [0.3, 0.4) is 0 Å². The van der Waals surface area contributed by atoms with Crippen LogP contribution in [-0.4, -0.2) is 57.0 Å². The van der Waals surface area contributed by atoms with Gasteiger partial charge in [-0.1, -0.05) is 6.07 Å². The molecule has 2 heterocycles. The Balaban J connectivity index is 1.69. The molecule has 31 heavy (non-hydrogen) atoms. The Kier molecular flexibility index (Phi) is 6.83. The van der Waals surface area contributed by atoms with E-state index in [1.807, 2.05) is 0 Å². The summed E-state index contributed by atoms with van der Waals surface area (Å²) in [5.74, 6) is -0.198. The average Bonchev–Trinajstić information content (AvgIpc) is 3.00. The predicted molar refractivity (Wildman–Crippen MR) is 112 cm³/mol. The quantitative estimate of drug-likeness (QED) is 0.672. The van der Waals surface area contributed by atoms with Gasteiger partial charge in [0, 0.05) is 24.3 Å². The summed E-state index contributed by atoms with van der Waals surface area (Å²) in [5, 5.41) is 2.60. The molecule has 1 amide bonds. The maximum atomic E-state index is 12.8. The van der Waals surface area contributed by atoms with E-state index in [1.54, 1.807) is 32.9 Å². The van der Waals surface area contributed by atoms with E-state index < -0.39 is 28.0 Å². The van der Waals surface area contributed by atoms with Crippen LogP contribution in [0.1, 0.15) is 34.4 Å². The van der Waals surface area contributed by atoms with E-state index in [9.17, 15) is 18.0 Å². The summed E-state index contributed by atoms with van der Waals surface area (Å²) >= 11 is 0. The molecule has 168 valence electrons. The first-order valence-electron chi connectivity index (χ1n) is 9.87. The molecule has 0 saturated carbocycles. The second-order valence-corrected chi connectivity index (χ2v) is 9.23. The highest BCUT2D eigenvalue weighted by Gasteiger charge is 2.27. The first-order valence-corrected chi connectivity index (χ1v) is 11.3. The van der Waals surface area contributed by atoms with Gasteiger partial charge in [-0.2, -0.15) is 4.31 Å².